The van der Waals surface area contributed by atoms with Gasteiger partial charge in [0.1, 0.15) is 0 Å². The van der Waals surface area contributed by atoms with Gasteiger partial charge in [0.05, 0.1) is 13.2 Å². The van der Waals surface area contributed by atoms with E-state index in [-0.39, 0.29) is 0 Å². The predicted octanol–water partition coefficient (Wildman–Crippen LogP) is 1.61. The van der Waals surface area contributed by atoms with Crippen molar-refractivity contribution in [1.29, 1.82) is 0 Å². The summed E-state index contributed by atoms with van der Waals surface area (Å²) in [5.41, 5.74) is 0. The average molecular weight is 241 g/mol. The summed E-state index contributed by atoms with van der Waals surface area (Å²) in [6.45, 7) is 8.08. The topological polar surface area (TPSA) is 48.3 Å². The van der Waals surface area contributed by atoms with E-state index in [0.29, 0.717) is 19.1 Å². The second-order valence-electron chi connectivity index (χ2n) is 4.33. The van der Waals surface area contributed by atoms with E-state index in [4.69, 9.17) is 9.47 Å². The van der Waals surface area contributed by atoms with Crippen molar-refractivity contribution in [3.63, 3.8) is 0 Å². The molecule has 98 valence electrons. The number of ether oxygens (including phenoxy) is 2. The summed E-state index contributed by atoms with van der Waals surface area (Å²) in [5.74, 6) is 1.45. The molecule has 1 N–H and O–H groups in total. The van der Waals surface area contributed by atoms with Crippen LogP contribution in [0.1, 0.15) is 13.8 Å². The third-order valence-corrected chi connectivity index (χ3v) is 2.23. The van der Waals surface area contributed by atoms with E-state index in [0.717, 1.165) is 25.6 Å². The summed E-state index contributed by atoms with van der Waals surface area (Å²) in [7, 11) is 1.69. The maximum absolute atomic E-state index is 5.55. The van der Waals surface area contributed by atoms with Gasteiger partial charge in [-0.3, -0.25) is 0 Å². The van der Waals surface area contributed by atoms with Crippen LogP contribution in [0.4, 0.5) is 5.95 Å². The highest BCUT2D eigenvalue weighted by atomic mass is 16.5. The van der Waals surface area contributed by atoms with Crippen molar-refractivity contribution in [1.82, 2.24) is 9.55 Å². The van der Waals surface area contributed by atoms with Crippen molar-refractivity contribution in [3.05, 3.63) is 12.4 Å². The zero-order chi connectivity index (χ0) is 12.5. The monoisotopic (exact) mass is 241 g/mol. The number of anilines is 1. The maximum Gasteiger partial charge on any atom is 0.202 e. The molecular weight excluding hydrogens is 218 g/mol. The maximum atomic E-state index is 5.55. The lowest BCUT2D eigenvalue weighted by Gasteiger charge is -2.10. The first-order valence-corrected chi connectivity index (χ1v) is 6.05. The fourth-order valence-corrected chi connectivity index (χ4v) is 1.40. The number of imidazole rings is 1. The van der Waals surface area contributed by atoms with Crippen LogP contribution in [0.25, 0.3) is 0 Å². The lowest BCUT2D eigenvalue weighted by atomic mass is 10.2. The quantitative estimate of drug-likeness (QED) is 0.667. The summed E-state index contributed by atoms with van der Waals surface area (Å²) in [6.07, 6.45) is 3.74. The third-order valence-electron chi connectivity index (χ3n) is 2.23. The zero-order valence-electron chi connectivity index (χ0n) is 11.0. The van der Waals surface area contributed by atoms with Crippen LogP contribution in [0.5, 0.6) is 0 Å². The molecular formula is C12H23N3O2. The lowest BCUT2D eigenvalue weighted by Crippen LogP contribution is -2.14. The van der Waals surface area contributed by atoms with E-state index in [2.05, 4.69) is 28.7 Å². The van der Waals surface area contributed by atoms with E-state index in [1.54, 1.807) is 13.3 Å². The number of hydrogen-bond acceptors (Lipinski definition) is 4. The van der Waals surface area contributed by atoms with Crippen molar-refractivity contribution >= 4 is 5.95 Å². The molecule has 0 unspecified atom stereocenters. The number of rotatable bonds is 9. The minimum absolute atomic E-state index is 0.581. The van der Waals surface area contributed by atoms with Crippen molar-refractivity contribution < 1.29 is 9.47 Å². The zero-order valence-corrected chi connectivity index (χ0v) is 11.0. The summed E-state index contributed by atoms with van der Waals surface area (Å²) in [6, 6.07) is 0. The molecule has 1 aromatic heterocycles. The molecule has 1 rings (SSSR count). The molecule has 0 fully saturated rings. The standard InChI is InChI=1S/C12H23N3O2/c1-11(2)10-17-9-7-15-6-4-13-12(15)14-5-8-16-3/h4,6,11H,5,7-10H2,1-3H3,(H,13,14). The Morgan fingerprint density at radius 1 is 1.41 bits per heavy atom. The van der Waals surface area contributed by atoms with Crippen LogP contribution >= 0.6 is 0 Å². The number of methoxy groups -OCH3 is 1. The second kappa shape index (κ2) is 8.08. The second-order valence-corrected chi connectivity index (χ2v) is 4.33. The fourth-order valence-electron chi connectivity index (χ4n) is 1.40. The van der Waals surface area contributed by atoms with Crippen molar-refractivity contribution in [2.75, 3.05) is 38.8 Å². The highest BCUT2D eigenvalue weighted by Gasteiger charge is 2.01. The smallest absolute Gasteiger partial charge is 0.202 e. The highest BCUT2D eigenvalue weighted by molar-refractivity contribution is 5.25. The predicted molar refractivity (Wildman–Crippen MR) is 68.2 cm³/mol. The number of nitrogens with zero attached hydrogens (tertiary/aromatic N) is 2. The van der Waals surface area contributed by atoms with Gasteiger partial charge in [0.2, 0.25) is 5.95 Å². The molecule has 5 nitrogen and oxygen atoms in total. The number of aromatic nitrogens is 2. The first-order chi connectivity index (χ1) is 8.24. The van der Waals surface area contributed by atoms with Gasteiger partial charge in [0.25, 0.3) is 0 Å². The Hall–Kier alpha value is -1.07. The van der Waals surface area contributed by atoms with Gasteiger partial charge >= 0.3 is 0 Å². The van der Waals surface area contributed by atoms with Crippen LogP contribution in [-0.4, -0.2) is 43.0 Å². The molecule has 0 saturated heterocycles. The van der Waals surface area contributed by atoms with E-state index in [1.165, 1.54) is 0 Å². The summed E-state index contributed by atoms with van der Waals surface area (Å²) in [5, 5.41) is 3.22. The summed E-state index contributed by atoms with van der Waals surface area (Å²) < 4.78 is 12.6. The molecule has 5 heteroatoms. The van der Waals surface area contributed by atoms with Crippen LogP contribution in [-0.2, 0) is 16.0 Å². The van der Waals surface area contributed by atoms with E-state index in [1.807, 2.05) is 6.20 Å². The van der Waals surface area contributed by atoms with E-state index < -0.39 is 0 Å². The first kappa shape index (κ1) is 14.0. The fraction of sp³-hybridized carbons (Fsp3) is 0.750. The normalized spacial score (nSPS) is 11.1. The highest BCUT2D eigenvalue weighted by Crippen LogP contribution is 2.03. The minimum Gasteiger partial charge on any atom is -0.383 e. The Labute approximate surface area is 103 Å². The Morgan fingerprint density at radius 2 is 2.24 bits per heavy atom. The molecule has 0 aliphatic heterocycles. The van der Waals surface area contributed by atoms with Gasteiger partial charge in [0, 0.05) is 39.2 Å². The minimum atomic E-state index is 0.581. The Kier molecular flexibility index (Phi) is 6.65. The van der Waals surface area contributed by atoms with Crippen LogP contribution in [0, 0.1) is 5.92 Å². The Balaban J connectivity index is 2.25. The van der Waals surface area contributed by atoms with Crippen molar-refractivity contribution in [2.24, 2.45) is 5.92 Å². The molecule has 0 amide bonds. The van der Waals surface area contributed by atoms with Crippen LogP contribution < -0.4 is 5.32 Å². The van der Waals surface area contributed by atoms with E-state index >= 15 is 0 Å². The van der Waals surface area contributed by atoms with Gasteiger partial charge in [-0.1, -0.05) is 13.8 Å². The largest absolute Gasteiger partial charge is 0.383 e. The molecule has 0 spiro atoms. The molecule has 1 aromatic rings. The molecule has 17 heavy (non-hydrogen) atoms. The average Bonchev–Trinajstić information content (AvgIpc) is 2.72. The van der Waals surface area contributed by atoms with E-state index in [9.17, 15) is 0 Å². The van der Waals surface area contributed by atoms with Gasteiger partial charge < -0.3 is 19.4 Å². The lowest BCUT2D eigenvalue weighted by molar-refractivity contribution is 0.103. The van der Waals surface area contributed by atoms with Crippen molar-refractivity contribution in [3.8, 4) is 0 Å². The SMILES string of the molecule is COCCNc1nccn1CCOCC(C)C. The molecule has 0 saturated carbocycles. The van der Waals surface area contributed by atoms with Gasteiger partial charge in [0.15, 0.2) is 0 Å². The molecule has 0 radical (unpaired) electrons. The molecule has 0 aliphatic rings. The molecule has 0 atom stereocenters. The summed E-state index contributed by atoms with van der Waals surface area (Å²) >= 11 is 0. The van der Waals surface area contributed by atoms with Crippen LogP contribution in [0.3, 0.4) is 0 Å². The van der Waals surface area contributed by atoms with Gasteiger partial charge in [-0.05, 0) is 5.92 Å². The van der Waals surface area contributed by atoms with Gasteiger partial charge in [-0.2, -0.15) is 0 Å². The van der Waals surface area contributed by atoms with Crippen molar-refractivity contribution in [2.45, 2.75) is 20.4 Å². The number of nitrogens with one attached hydrogen (secondary N) is 1. The van der Waals surface area contributed by atoms with Gasteiger partial charge in [-0.15, -0.1) is 0 Å². The molecule has 0 bridgehead atoms. The molecule has 0 aliphatic carbocycles. The van der Waals surface area contributed by atoms with Crippen LogP contribution in [0.15, 0.2) is 12.4 Å². The Bertz CT molecular complexity index is 300. The van der Waals surface area contributed by atoms with Crippen LogP contribution in [0.2, 0.25) is 0 Å². The molecule has 1 heterocycles. The first-order valence-electron chi connectivity index (χ1n) is 6.05. The Morgan fingerprint density at radius 3 is 2.94 bits per heavy atom. The third kappa shape index (κ3) is 5.70. The summed E-state index contributed by atoms with van der Waals surface area (Å²) in [4.78, 5) is 4.24. The van der Waals surface area contributed by atoms with Gasteiger partial charge in [-0.25, -0.2) is 4.98 Å². The number of hydrogen-bond donors (Lipinski definition) is 1. The molecule has 0 aromatic carbocycles.